The lowest BCUT2D eigenvalue weighted by Crippen LogP contribution is -2.37. The Bertz CT molecular complexity index is 350. The molecule has 1 N–H and O–H groups in total. The Labute approximate surface area is 127 Å². The molecule has 1 rings (SSSR count). The van der Waals surface area contributed by atoms with Crippen LogP contribution in [0.2, 0.25) is 0 Å². The molecule has 1 unspecified atom stereocenters. The lowest BCUT2D eigenvalue weighted by Gasteiger charge is -2.27. The maximum atomic E-state index is 12.2. The molecule has 21 heavy (non-hydrogen) atoms. The third-order valence-electron chi connectivity index (χ3n) is 3.43. The van der Waals surface area contributed by atoms with Crippen molar-refractivity contribution in [3.63, 3.8) is 0 Å². The molecule has 0 aromatic rings. The smallest absolute Gasteiger partial charge is 0.373 e. The van der Waals surface area contributed by atoms with Gasteiger partial charge < -0.3 is 9.84 Å². The minimum atomic E-state index is -1.21. The molecule has 1 aliphatic rings. The fraction of sp³-hybridized carbons (Fsp3) is 0.938. The topological polar surface area (TPSA) is 71.6 Å². The van der Waals surface area contributed by atoms with E-state index >= 15 is 0 Å². The van der Waals surface area contributed by atoms with E-state index < -0.39 is 23.5 Å². The molecule has 1 saturated heterocycles. The lowest BCUT2D eigenvalue weighted by atomic mass is 9.89. The van der Waals surface area contributed by atoms with Gasteiger partial charge in [0.2, 0.25) is 0 Å². The van der Waals surface area contributed by atoms with Crippen LogP contribution in [0.3, 0.4) is 0 Å². The second kappa shape index (κ2) is 6.63. The molecule has 0 radical (unpaired) electrons. The molecule has 1 aliphatic heterocycles. The largest absolute Gasteiger partial charge is 0.455 e. The van der Waals surface area contributed by atoms with Crippen molar-refractivity contribution in [3.8, 4) is 0 Å². The summed E-state index contributed by atoms with van der Waals surface area (Å²) in [4.78, 5) is 22.0. The van der Waals surface area contributed by atoms with E-state index in [-0.39, 0.29) is 5.41 Å². The van der Waals surface area contributed by atoms with Gasteiger partial charge >= 0.3 is 11.8 Å². The number of esters is 1. The van der Waals surface area contributed by atoms with E-state index in [4.69, 9.17) is 14.5 Å². The van der Waals surface area contributed by atoms with Crippen molar-refractivity contribution in [1.82, 2.24) is 0 Å². The Kier molecular flexibility index (Phi) is 5.81. The molecule has 1 atom stereocenters. The molecule has 5 heteroatoms. The van der Waals surface area contributed by atoms with Gasteiger partial charge in [-0.25, -0.2) is 4.79 Å². The molecule has 0 spiro atoms. The summed E-state index contributed by atoms with van der Waals surface area (Å²) in [5.41, 5.74) is -0.447. The molecule has 0 amide bonds. The summed E-state index contributed by atoms with van der Waals surface area (Å²) >= 11 is 0. The summed E-state index contributed by atoms with van der Waals surface area (Å²) in [6, 6.07) is 0. The van der Waals surface area contributed by atoms with Gasteiger partial charge in [-0.15, -0.1) is 0 Å². The normalized spacial score (nSPS) is 19.2. The summed E-state index contributed by atoms with van der Waals surface area (Å²) < 4.78 is 5.43. The zero-order valence-electron chi connectivity index (χ0n) is 14.2. The molecule has 0 bridgehead atoms. The maximum absolute atomic E-state index is 12.2. The van der Waals surface area contributed by atoms with Gasteiger partial charge in [0.25, 0.3) is 0 Å². The fourth-order valence-electron chi connectivity index (χ4n) is 2.40. The third kappa shape index (κ3) is 6.76. The average Bonchev–Trinajstić information content (AvgIpc) is 3.01. The number of carbonyl (C=O) groups excluding carboxylic acids is 1. The van der Waals surface area contributed by atoms with Crippen molar-refractivity contribution in [2.24, 2.45) is 5.41 Å². The highest BCUT2D eigenvalue weighted by Crippen LogP contribution is 2.38. The Hall–Kier alpha value is -0.650. The Morgan fingerprint density at radius 1 is 1.19 bits per heavy atom. The van der Waals surface area contributed by atoms with Crippen molar-refractivity contribution < 1.29 is 24.4 Å². The highest BCUT2D eigenvalue weighted by Gasteiger charge is 2.58. The number of hydrogen-bond acceptors (Lipinski definition) is 5. The molecular formula is C16H30O5. The predicted molar refractivity (Wildman–Crippen MR) is 79.3 cm³/mol. The summed E-state index contributed by atoms with van der Waals surface area (Å²) in [6.07, 6.45) is 3.31. The van der Waals surface area contributed by atoms with E-state index in [9.17, 15) is 9.90 Å². The Balaban J connectivity index is 2.39. The van der Waals surface area contributed by atoms with Crippen LogP contribution < -0.4 is 0 Å². The molecule has 0 aromatic carbocycles. The van der Waals surface area contributed by atoms with Crippen LogP contribution in [0.1, 0.15) is 73.6 Å². The SMILES string of the molecule is CC(O)CC(C)(C)OC(=O)C1(CCCCC(C)(C)C)OO1. The van der Waals surface area contributed by atoms with Crippen molar-refractivity contribution >= 4 is 5.97 Å². The van der Waals surface area contributed by atoms with Crippen molar-refractivity contribution in [2.45, 2.75) is 91.1 Å². The van der Waals surface area contributed by atoms with Crippen LogP contribution in [-0.2, 0) is 19.3 Å². The number of unbranched alkanes of at least 4 members (excludes halogenated alkanes) is 1. The molecule has 0 saturated carbocycles. The minimum Gasteiger partial charge on any atom is -0.455 e. The molecule has 124 valence electrons. The van der Waals surface area contributed by atoms with Gasteiger partial charge in [-0.05, 0) is 39.0 Å². The lowest BCUT2D eigenvalue weighted by molar-refractivity contribution is -0.166. The van der Waals surface area contributed by atoms with Crippen molar-refractivity contribution in [1.29, 1.82) is 0 Å². The second-order valence-electron chi connectivity index (χ2n) is 7.89. The third-order valence-corrected chi connectivity index (χ3v) is 3.43. The molecule has 1 fully saturated rings. The van der Waals surface area contributed by atoms with Gasteiger partial charge in [0.15, 0.2) is 0 Å². The van der Waals surface area contributed by atoms with Crippen LogP contribution in [0.25, 0.3) is 0 Å². The summed E-state index contributed by atoms with van der Waals surface area (Å²) in [6.45, 7) is 11.8. The number of ether oxygens (including phenoxy) is 1. The standard InChI is InChI=1S/C16H30O5/c1-12(17)11-15(5,6)19-13(18)16(20-21-16)10-8-7-9-14(2,3)4/h12,17H,7-11H2,1-6H3. The Morgan fingerprint density at radius 2 is 1.76 bits per heavy atom. The predicted octanol–water partition coefficient (Wildman–Crippen LogP) is 3.34. The molecule has 0 aromatic heterocycles. The van der Waals surface area contributed by atoms with Crippen molar-refractivity contribution in [3.05, 3.63) is 0 Å². The number of aliphatic hydroxyl groups excluding tert-OH is 1. The van der Waals surface area contributed by atoms with E-state index in [0.29, 0.717) is 12.8 Å². The van der Waals surface area contributed by atoms with Gasteiger partial charge in [0.05, 0.1) is 6.10 Å². The quantitative estimate of drug-likeness (QED) is 0.322. The molecule has 1 heterocycles. The maximum Gasteiger partial charge on any atom is 0.373 e. The highest BCUT2D eigenvalue weighted by atomic mass is 17.4. The van der Waals surface area contributed by atoms with Gasteiger partial charge in [-0.3, -0.25) is 0 Å². The molecule has 5 nitrogen and oxygen atoms in total. The van der Waals surface area contributed by atoms with E-state index in [1.165, 1.54) is 0 Å². The first-order chi connectivity index (χ1) is 9.46. The van der Waals surface area contributed by atoms with Crippen LogP contribution in [0.4, 0.5) is 0 Å². The van der Waals surface area contributed by atoms with Gasteiger partial charge in [0.1, 0.15) is 5.60 Å². The number of rotatable bonds is 8. The van der Waals surface area contributed by atoms with E-state index in [1.54, 1.807) is 20.8 Å². The first kappa shape index (κ1) is 18.4. The van der Waals surface area contributed by atoms with Crippen LogP contribution in [0.15, 0.2) is 0 Å². The highest BCUT2D eigenvalue weighted by molar-refractivity contribution is 5.79. The molecular weight excluding hydrogens is 272 g/mol. The van der Waals surface area contributed by atoms with Gasteiger partial charge in [-0.2, -0.15) is 9.78 Å². The monoisotopic (exact) mass is 302 g/mol. The Morgan fingerprint density at radius 3 is 2.19 bits per heavy atom. The van der Waals surface area contributed by atoms with Crippen LogP contribution in [-0.4, -0.2) is 28.6 Å². The van der Waals surface area contributed by atoms with Crippen molar-refractivity contribution in [2.75, 3.05) is 0 Å². The first-order valence-electron chi connectivity index (χ1n) is 7.74. The zero-order valence-corrected chi connectivity index (χ0v) is 14.2. The van der Waals surface area contributed by atoms with Gasteiger partial charge in [-0.1, -0.05) is 27.2 Å². The van der Waals surface area contributed by atoms with E-state index in [0.717, 1.165) is 19.3 Å². The van der Waals surface area contributed by atoms with E-state index in [2.05, 4.69) is 20.8 Å². The number of aliphatic hydroxyl groups is 1. The minimum absolute atomic E-state index is 0.290. The van der Waals surface area contributed by atoms with Crippen LogP contribution >= 0.6 is 0 Å². The van der Waals surface area contributed by atoms with E-state index in [1.807, 2.05) is 0 Å². The summed E-state index contributed by atoms with van der Waals surface area (Å²) in [5, 5.41) is 9.42. The van der Waals surface area contributed by atoms with Gasteiger partial charge in [0, 0.05) is 12.8 Å². The summed E-state index contributed by atoms with van der Waals surface area (Å²) in [7, 11) is 0. The number of hydrogen-bond donors (Lipinski definition) is 1. The van der Waals surface area contributed by atoms with Crippen LogP contribution in [0, 0.1) is 5.41 Å². The first-order valence-corrected chi connectivity index (χ1v) is 7.74. The average molecular weight is 302 g/mol. The zero-order chi connectivity index (χ0) is 16.3. The second-order valence-corrected chi connectivity index (χ2v) is 7.89. The summed E-state index contributed by atoms with van der Waals surface area (Å²) in [5.74, 6) is -1.71. The number of carbonyl (C=O) groups is 1. The van der Waals surface area contributed by atoms with Crippen LogP contribution in [0.5, 0.6) is 0 Å². The molecule has 0 aliphatic carbocycles. The fourth-order valence-corrected chi connectivity index (χ4v) is 2.40.